The third kappa shape index (κ3) is 4.84. The Bertz CT molecular complexity index is 1390. The van der Waals surface area contributed by atoms with E-state index in [0.29, 0.717) is 42.5 Å². The lowest BCUT2D eigenvalue weighted by Gasteiger charge is -2.34. The van der Waals surface area contributed by atoms with E-state index in [0.717, 1.165) is 24.0 Å². The van der Waals surface area contributed by atoms with Crippen molar-refractivity contribution in [1.29, 1.82) is 0 Å². The van der Waals surface area contributed by atoms with Gasteiger partial charge < -0.3 is 9.88 Å². The molecule has 35 heavy (non-hydrogen) atoms. The Morgan fingerprint density at radius 2 is 1.91 bits per heavy atom. The fraction of sp³-hybridized carbons (Fsp3) is 0.346. The quantitative estimate of drug-likeness (QED) is 0.438. The maximum Gasteiger partial charge on any atom is 0.281 e. The molecule has 0 radical (unpaired) electrons. The van der Waals surface area contributed by atoms with E-state index in [9.17, 15) is 9.59 Å². The van der Waals surface area contributed by atoms with Gasteiger partial charge >= 0.3 is 0 Å². The summed E-state index contributed by atoms with van der Waals surface area (Å²) in [4.78, 5) is 35.6. The number of rotatable bonds is 6. The summed E-state index contributed by atoms with van der Waals surface area (Å²) in [6.45, 7) is 3.74. The number of fused-ring (bicyclic) bond motifs is 1. The van der Waals surface area contributed by atoms with E-state index < -0.39 is 0 Å². The molecule has 0 bridgehead atoms. The number of nitrogens with one attached hydrogen (secondary N) is 1. The number of aromatic nitrogens is 5. The lowest BCUT2D eigenvalue weighted by molar-refractivity contribution is -0.134. The van der Waals surface area contributed by atoms with Crippen molar-refractivity contribution in [2.75, 3.05) is 13.1 Å². The van der Waals surface area contributed by atoms with Gasteiger partial charge in [-0.15, -0.1) is 5.10 Å². The molecular weight excluding hydrogens is 464 g/mol. The van der Waals surface area contributed by atoms with Crippen LogP contribution in [0.3, 0.4) is 0 Å². The highest BCUT2D eigenvalue weighted by atomic mass is 35.5. The summed E-state index contributed by atoms with van der Waals surface area (Å²) in [5.74, 6) is 0.601. The van der Waals surface area contributed by atoms with Gasteiger partial charge in [0.2, 0.25) is 5.91 Å². The van der Waals surface area contributed by atoms with Crippen molar-refractivity contribution in [1.82, 2.24) is 29.9 Å². The largest absolute Gasteiger partial charge is 0.342 e. The molecule has 1 fully saturated rings. The van der Waals surface area contributed by atoms with Crippen LogP contribution < -0.4 is 5.56 Å². The van der Waals surface area contributed by atoms with Crippen molar-refractivity contribution in [2.45, 2.75) is 44.6 Å². The fourth-order valence-corrected chi connectivity index (χ4v) is 5.01. The van der Waals surface area contributed by atoms with Gasteiger partial charge in [-0.05, 0) is 42.5 Å². The SMILES string of the molecule is CC[C@@H](C(=O)N1CCC(c2nc3c(nnn3Cc3ccccc3)c(=O)[nH]2)CC1)c1cccc(Cl)c1. The average molecular weight is 491 g/mol. The minimum absolute atomic E-state index is 0.0578. The van der Waals surface area contributed by atoms with Crippen molar-refractivity contribution >= 4 is 28.7 Å². The molecule has 0 saturated carbocycles. The second kappa shape index (κ2) is 10.00. The zero-order chi connectivity index (χ0) is 24.4. The first-order valence-corrected chi connectivity index (χ1v) is 12.3. The number of aromatic amines is 1. The number of hydrogen-bond acceptors (Lipinski definition) is 5. The first kappa shape index (κ1) is 23.2. The number of amides is 1. The topological polar surface area (TPSA) is 96.8 Å². The van der Waals surface area contributed by atoms with E-state index in [4.69, 9.17) is 16.6 Å². The molecule has 1 aliphatic rings. The minimum Gasteiger partial charge on any atom is -0.342 e. The third-order valence-electron chi connectivity index (χ3n) is 6.72. The molecule has 9 heteroatoms. The number of carbonyl (C=O) groups excluding carboxylic acids is 1. The third-order valence-corrected chi connectivity index (χ3v) is 6.95. The molecule has 180 valence electrons. The van der Waals surface area contributed by atoms with Gasteiger partial charge in [-0.1, -0.05) is 66.2 Å². The first-order chi connectivity index (χ1) is 17.0. The Labute approximate surface area is 207 Å². The standard InChI is InChI=1S/C26H27ClN6O2/c1-2-21(19-9-6-10-20(27)15-19)26(35)32-13-11-18(12-14-32)23-28-24-22(25(34)29-23)30-31-33(24)16-17-7-4-3-5-8-17/h3-10,15,18,21H,2,11-14,16H2,1H3,(H,28,29,34)/t21-/m1/s1. The van der Waals surface area contributed by atoms with Crippen LogP contribution in [0.4, 0.5) is 0 Å². The molecule has 1 atom stereocenters. The summed E-state index contributed by atoms with van der Waals surface area (Å²) in [6, 6.07) is 17.4. The van der Waals surface area contributed by atoms with Gasteiger partial charge in [0.05, 0.1) is 12.5 Å². The normalized spacial score (nSPS) is 15.4. The van der Waals surface area contributed by atoms with Crippen molar-refractivity contribution in [2.24, 2.45) is 0 Å². The van der Waals surface area contributed by atoms with Crippen molar-refractivity contribution < 1.29 is 4.79 Å². The van der Waals surface area contributed by atoms with Crippen LogP contribution in [-0.2, 0) is 11.3 Å². The van der Waals surface area contributed by atoms with Crippen LogP contribution >= 0.6 is 11.6 Å². The van der Waals surface area contributed by atoms with E-state index in [1.807, 2.05) is 66.4 Å². The van der Waals surface area contributed by atoms with E-state index in [1.54, 1.807) is 4.68 Å². The second-order valence-electron chi connectivity index (χ2n) is 8.97. The average Bonchev–Trinajstić information content (AvgIpc) is 3.28. The number of piperidine rings is 1. The van der Waals surface area contributed by atoms with Crippen LogP contribution in [-0.4, -0.2) is 48.9 Å². The van der Waals surface area contributed by atoms with Crippen molar-refractivity contribution in [3.63, 3.8) is 0 Å². The van der Waals surface area contributed by atoms with Gasteiger partial charge in [-0.2, -0.15) is 0 Å². The summed E-state index contributed by atoms with van der Waals surface area (Å²) in [7, 11) is 0. The van der Waals surface area contributed by atoms with Crippen molar-refractivity contribution in [3.05, 3.63) is 86.9 Å². The van der Waals surface area contributed by atoms with Gasteiger partial charge in [-0.3, -0.25) is 9.59 Å². The predicted octanol–water partition coefficient (Wildman–Crippen LogP) is 4.12. The van der Waals surface area contributed by atoms with Crippen LogP contribution in [0.1, 0.15) is 55.0 Å². The van der Waals surface area contributed by atoms with E-state index >= 15 is 0 Å². The molecular formula is C26H27ClN6O2. The molecule has 1 saturated heterocycles. The summed E-state index contributed by atoms with van der Waals surface area (Å²) < 4.78 is 1.67. The highest BCUT2D eigenvalue weighted by Gasteiger charge is 2.30. The molecule has 5 rings (SSSR count). The molecule has 3 heterocycles. The van der Waals surface area contributed by atoms with E-state index in [1.165, 1.54) is 0 Å². The van der Waals surface area contributed by atoms with E-state index in [2.05, 4.69) is 15.3 Å². The Morgan fingerprint density at radius 3 is 2.63 bits per heavy atom. The number of H-pyrrole nitrogens is 1. The predicted molar refractivity (Wildman–Crippen MR) is 135 cm³/mol. The van der Waals surface area contributed by atoms with Crippen LogP contribution in [0.25, 0.3) is 11.2 Å². The summed E-state index contributed by atoms with van der Waals surface area (Å²) in [5.41, 5.74) is 2.44. The number of likely N-dealkylation sites (tertiary alicyclic amines) is 1. The van der Waals surface area contributed by atoms with Gasteiger partial charge in [0, 0.05) is 24.0 Å². The van der Waals surface area contributed by atoms with Crippen LogP contribution in [0.15, 0.2) is 59.4 Å². The second-order valence-corrected chi connectivity index (χ2v) is 9.41. The maximum atomic E-state index is 13.3. The number of halogens is 1. The zero-order valence-electron chi connectivity index (χ0n) is 19.5. The molecule has 1 N–H and O–H groups in total. The number of carbonyl (C=O) groups is 1. The molecule has 0 unspecified atom stereocenters. The van der Waals surface area contributed by atoms with Crippen LogP contribution in [0, 0.1) is 0 Å². The van der Waals surface area contributed by atoms with Gasteiger partial charge in [0.15, 0.2) is 11.2 Å². The highest BCUT2D eigenvalue weighted by Crippen LogP contribution is 2.30. The lowest BCUT2D eigenvalue weighted by atomic mass is 9.91. The smallest absolute Gasteiger partial charge is 0.281 e. The Hall–Kier alpha value is -3.52. The number of benzene rings is 2. The Kier molecular flexibility index (Phi) is 6.63. The van der Waals surface area contributed by atoms with Crippen LogP contribution in [0.2, 0.25) is 5.02 Å². The lowest BCUT2D eigenvalue weighted by Crippen LogP contribution is -2.41. The van der Waals surface area contributed by atoms with Crippen molar-refractivity contribution in [3.8, 4) is 0 Å². The summed E-state index contributed by atoms with van der Waals surface area (Å²) in [5, 5.41) is 8.84. The first-order valence-electron chi connectivity index (χ1n) is 11.9. The minimum atomic E-state index is -0.283. The molecule has 0 aliphatic carbocycles. The van der Waals surface area contributed by atoms with Gasteiger partial charge in [-0.25, -0.2) is 9.67 Å². The zero-order valence-corrected chi connectivity index (χ0v) is 20.3. The molecule has 8 nitrogen and oxygen atoms in total. The van der Waals surface area contributed by atoms with Gasteiger partial charge in [0.1, 0.15) is 5.82 Å². The van der Waals surface area contributed by atoms with E-state index in [-0.39, 0.29) is 28.8 Å². The monoisotopic (exact) mass is 490 g/mol. The molecule has 4 aromatic rings. The summed E-state index contributed by atoms with van der Waals surface area (Å²) in [6.07, 6.45) is 2.17. The fourth-order valence-electron chi connectivity index (χ4n) is 4.81. The Balaban J connectivity index is 1.32. The highest BCUT2D eigenvalue weighted by molar-refractivity contribution is 6.30. The summed E-state index contributed by atoms with van der Waals surface area (Å²) >= 11 is 6.15. The molecule has 0 spiro atoms. The molecule has 2 aromatic heterocycles. The number of hydrogen-bond donors (Lipinski definition) is 1. The number of nitrogens with zero attached hydrogens (tertiary/aromatic N) is 5. The molecule has 1 amide bonds. The van der Waals surface area contributed by atoms with Gasteiger partial charge in [0.25, 0.3) is 5.56 Å². The molecule has 1 aliphatic heterocycles. The molecule has 2 aromatic carbocycles. The maximum absolute atomic E-state index is 13.3. The Morgan fingerprint density at radius 1 is 1.14 bits per heavy atom. The van der Waals surface area contributed by atoms with Crippen LogP contribution in [0.5, 0.6) is 0 Å².